The van der Waals surface area contributed by atoms with Crippen LogP contribution in [0.25, 0.3) is 0 Å². The number of benzene rings is 2. The molecule has 2 aromatic rings. The number of nitrogens with one attached hydrogen (secondary N) is 2. The lowest BCUT2D eigenvalue weighted by Gasteiger charge is -2.29. The van der Waals surface area contributed by atoms with Crippen LogP contribution in [0.4, 0.5) is 19.3 Å². The molecule has 27 heavy (non-hydrogen) atoms. The van der Waals surface area contributed by atoms with Gasteiger partial charge in [0.15, 0.2) is 11.6 Å². The van der Waals surface area contributed by atoms with E-state index in [1.54, 1.807) is 24.3 Å². The molecule has 1 aliphatic rings. The highest BCUT2D eigenvalue weighted by Gasteiger charge is 2.26. The van der Waals surface area contributed by atoms with Crippen LogP contribution in [-0.4, -0.2) is 24.1 Å². The maximum absolute atomic E-state index is 13.3. The summed E-state index contributed by atoms with van der Waals surface area (Å²) >= 11 is 0. The summed E-state index contributed by atoms with van der Waals surface area (Å²) in [6.45, 7) is 0. The molecule has 142 valence electrons. The van der Waals surface area contributed by atoms with Crippen LogP contribution in [0.3, 0.4) is 0 Å². The van der Waals surface area contributed by atoms with E-state index in [4.69, 9.17) is 4.74 Å². The SMILES string of the molecule is O=C(Nc1ccccc1)O[C@H]1CCC[C@@H](NC(=O)c2ccc(F)c(F)c2)C1. The Morgan fingerprint density at radius 1 is 1.00 bits per heavy atom. The third-order valence-electron chi connectivity index (χ3n) is 4.44. The Hall–Kier alpha value is -2.96. The lowest BCUT2D eigenvalue weighted by atomic mass is 9.92. The van der Waals surface area contributed by atoms with Gasteiger partial charge in [-0.2, -0.15) is 0 Å². The Balaban J connectivity index is 1.52. The van der Waals surface area contributed by atoms with E-state index in [0.717, 1.165) is 25.0 Å². The summed E-state index contributed by atoms with van der Waals surface area (Å²) in [6, 6.07) is 11.8. The molecule has 0 aromatic heterocycles. The Bertz CT molecular complexity index is 814. The standard InChI is InChI=1S/C20H20F2N2O3/c21-17-10-9-13(11-18(17)22)19(25)23-15-7-4-8-16(12-15)27-20(26)24-14-5-2-1-3-6-14/h1-3,5-6,9-11,15-16H,4,7-8,12H2,(H,23,25)(H,24,26)/t15-,16+/m1/s1. The van der Waals surface area contributed by atoms with E-state index >= 15 is 0 Å². The first-order chi connectivity index (χ1) is 13.0. The van der Waals surface area contributed by atoms with Crippen LogP contribution >= 0.6 is 0 Å². The summed E-state index contributed by atoms with van der Waals surface area (Å²) in [5, 5.41) is 5.45. The molecule has 0 bridgehead atoms. The summed E-state index contributed by atoms with van der Waals surface area (Å²) in [5.41, 5.74) is 0.695. The first-order valence-electron chi connectivity index (χ1n) is 8.80. The summed E-state index contributed by atoms with van der Waals surface area (Å²) in [6.07, 6.45) is 1.83. The van der Waals surface area contributed by atoms with Crippen LogP contribution in [0.15, 0.2) is 48.5 Å². The highest BCUT2D eigenvalue weighted by Crippen LogP contribution is 2.22. The number of halogens is 2. The molecule has 1 saturated carbocycles. The normalized spacial score (nSPS) is 19.2. The van der Waals surface area contributed by atoms with Crippen molar-refractivity contribution in [3.8, 4) is 0 Å². The number of carbonyl (C=O) groups excluding carboxylic acids is 2. The van der Waals surface area contributed by atoms with E-state index in [1.807, 2.05) is 6.07 Å². The fourth-order valence-corrected chi connectivity index (χ4v) is 3.11. The number of amides is 2. The number of hydrogen-bond acceptors (Lipinski definition) is 3. The molecule has 0 radical (unpaired) electrons. The third kappa shape index (κ3) is 5.26. The smallest absolute Gasteiger partial charge is 0.411 e. The van der Waals surface area contributed by atoms with Crippen LogP contribution in [0.1, 0.15) is 36.0 Å². The van der Waals surface area contributed by atoms with Crippen molar-refractivity contribution >= 4 is 17.7 Å². The molecule has 5 nitrogen and oxygen atoms in total. The van der Waals surface area contributed by atoms with Crippen molar-refractivity contribution in [1.82, 2.24) is 5.32 Å². The Morgan fingerprint density at radius 3 is 2.52 bits per heavy atom. The lowest BCUT2D eigenvalue weighted by Crippen LogP contribution is -2.41. The van der Waals surface area contributed by atoms with Gasteiger partial charge in [0.05, 0.1) is 0 Å². The van der Waals surface area contributed by atoms with Gasteiger partial charge in [-0.3, -0.25) is 10.1 Å². The van der Waals surface area contributed by atoms with Crippen molar-refractivity contribution in [3.63, 3.8) is 0 Å². The van der Waals surface area contributed by atoms with Crippen LogP contribution in [0.5, 0.6) is 0 Å². The monoisotopic (exact) mass is 374 g/mol. The molecule has 2 aromatic carbocycles. The first kappa shape index (κ1) is 18.8. The second-order valence-corrected chi connectivity index (χ2v) is 6.48. The van der Waals surface area contributed by atoms with Crippen LogP contribution < -0.4 is 10.6 Å². The van der Waals surface area contributed by atoms with E-state index in [9.17, 15) is 18.4 Å². The second kappa shape index (κ2) is 8.62. The van der Waals surface area contributed by atoms with Crippen molar-refractivity contribution in [2.24, 2.45) is 0 Å². The van der Waals surface area contributed by atoms with Crippen LogP contribution in [0, 0.1) is 11.6 Å². The molecule has 2 N–H and O–H groups in total. The summed E-state index contributed by atoms with van der Waals surface area (Å²) in [5.74, 6) is -2.54. The van der Waals surface area contributed by atoms with Gasteiger partial charge in [-0.25, -0.2) is 13.6 Å². The minimum absolute atomic E-state index is 0.0544. The van der Waals surface area contributed by atoms with E-state index in [2.05, 4.69) is 10.6 Å². The van der Waals surface area contributed by atoms with Crippen LogP contribution in [0.2, 0.25) is 0 Å². The third-order valence-corrected chi connectivity index (χ3v) is 4.44. The predicted octanol–water partition coefficient (Wildman–Crippen LogP) is 4.25. The molecule has 3 rings (SSSR count). The van der Waals surface area contributed by atoms with Crippen molar-refractivity contribution in [2.45, 2.75) is 37.8 Å². The average Bonchev–Trinajstić information content (AvgIpc) is 2.65. The predicted molar refractivity (Wildman–Crippen MR) is 96.4 cm³/mol. The number of ether oxygens (including phenoxy) is 1. The van der Waals surface area contributed by atoms with Crippen molar-refractivity contribution in [2.75, 3.05) is 5.32 Å². The van der Waals surface area contributed by atoms with Gasteiger partial charge in [0.2, 0.25) is 0 Å². The largest absolute Gasteiger partial charge is 0.446 e. The maximum Gasteiger partial charge on any atom is 0.411 e. The number of anilines is 1. The summed E-state index contributed by atoms with van der Waals surface area (Å²) < 4.78 is 31.7. The van der Waals surface area contributed by atoms with Gasteiger partial charge in [0.1, 0.15) is 6.10 Å². The minimum atomic E-state index is -1.06. The van der Waals surface area contributed by atoms with Gasteiger partial charge < -0.3 is 10.1 Å². The number of rotatable bonds is 4. The summed E-state index contributed by atoms with van der Waals surface area (Å²) in [7, 11) is 0. The Labute approximate surface area is 155 Å². The van der Waals surface area contributed by atoms with Crippen LogP contribution in [-0.2, 0) is 4.74 Å². The zero-order valence-corrected chi connectivity index (χ0v) is 14.6. The molecule has 0 heterocycles. The fraction of sp³-hybridized carbons (Fsp3) is 0.300. The van der Waals surface area contributed by atoms with Gasteiger partial charge in [-0.15, -0.1) is 0 Å². The van der Waals surface area contributed by atoms with E-state index < -0.39 is 23.6 Å². The molecule has 0 unspecified atom stereocenters. The Kier molecular flexibility index (Phi) is 6.01. The zero-order chi connectivity index (χ0) is 19.2. The van der Waals surface area contributed by atoms with Crippen molar-refractivity contribution in [3.05, 3.63) is 65.7 Å². The van der Waals surface area contributed by atoms with Crippen molar-refractivity contribution in [1.29, 1.82) is 0 Å². The molecule has 2 amide bonds. The van der Waals surface area contributed by atoms with Gasteiger partial charge in [-0.05, 0) is 49.6 Å². The molecule has 7 heteroatoms. The molecule has 2 atom stereocenters. The molecular weight excluding hydrogens is 354 g/mol. The second-order valence-electron chi connectivity index (χ2n) is 6.48. The summed E-state index contributed by atoms with van der Waals surface area (Å²) in [4.78, 5) is 24.2. The van der Waals surface area contributed by atoms with Gasteiger partial charge >= 0.3 is 6.09 Å². The van der Waals surface area contributed by atoms with Gasteiger partial charge in [0.25, 0.3) is 5.91 Å². The van der Waals surface area contributed by atoms with E-state index in [1.165, 1.54) is 6.07 Å². The highest BCUT2D eigenvalue weighted by molar-refractivity contribution is 5.94. The van der Waals surface area contributed by atoms with E-state index in [0.29, 0.717) is 18.5 Å². The van der Waals surface area contributed by atoms with E-state index in [-0.39, 0.29) is 17.7 Å². The molecule has 0 aliphatic heterocycles. The molecular formula is C20H20F2N2O3. The number of para-hydroxylation sites is 1. The first-order valence-corrected chi connectivity index (χ1v) is 8.80. The van der Waals surface area contributed by atoms with Gasteiger partial charge in [0, 0.05) is 23.7 Å². The van der Waals surface area contributed by atoms with Crippen molar-refractivity contribution < 1.29 is 23.1 Å². The lowest BCUT2D eigenvalue weighted by molar-refractivity contribution is 0.0712. The highest BCUT2D eigenvalue weighted by atomic mass is 19.2. The minimum Gasteiger partial charge on any atom is -0.446 e. The number of hydrogen-bond donors (Lipinski definition) is 2. The molecule has 1 aliphatic carbocycles. The number of carbonyl (C=O) groups is 2. The topological polar surface area (TPSA) is 67.4 Å². The zero-order valence-electron chi connectivity index (χ0n) is 14.6. The quantitative estimate of drug-likeness (QED) is 0.841. The fourth-order valence-electron chi connectivity index (χ4n) is 3.11. The molecule has 1 fully saturated rings. The van der Waals surface area contributed by atoms with Gasteiger partial charge in [-0.1, -0.05) is 18.2 Å². The Morgan fingerprint density at radius 2 is 1.78 bits per heavy atom. The maximum atomic E-state index is 13.3. The molecule has 0 saturated heterocycles. The average molecular weight is 374 g/mol. The molecule has 0 spiro atoms.